The van der Waals surface area contributed by atoms with Gasteiger partial charge in [-0.25, -0.2) is 9.78 Å². The molecule has 1 aromatic heterocycles. The maximum Gasteiger partial charge on any atom is 0.339 e. The minimum Gasteiger partial charge on any atom is -0.462 e. The number of benzene rings is 1. The van der Waals surface area contributed by atoms with Crippen LogP contribution in [0.25, 0.3) is 0 Å². The van der Waals surface area contributed by atoms with Gasteiger partial charge in [0.1, 0.15) is 5.82 Å². The molecule has 26 heavy (non-hydrogen) atoms. The molecule has 0 saturated heterocycles. The Morgan fingerprint density at radius 1 is 1.31 bits per heavy atom. The molecule has 0 aliphatic rings. The van der Waals surface area contributed by atoms with Gasteiger partial charge in [0.15, 0.2) is 0 Å². The fourth-order valence-corrected chi connectivity index (χ4v) is 2.93. The Labute approximate surface area is 164 Å². The molecule has 0 amide bonds. The summed E-state index contributed by atoms with van der Waals surface area (Å²) in [4.78, 5) is 18.2. The fraction of sp³-hybridized carbons (Fsp3) is 0.368. The zero-order chi connectivity index (χ0) is 19.1. The number of hydrogen-bond donors (Lipinski definition) is 1. The van der Waals surface area contributed by atoms with E-state index in [1.165, 1.54) is 11.8 Å². The van der Waals surface area contributed by atoms with Crippen LogP contribution in [0.5, 0.6) is 0 Å². The van der Waals surface area contributed by atoms with Gasteiger partial charge in [-0.15, -0.1) is 0 Å². The van der Waals surface area contributed by atoms with Gasteiger partial charge in [-0.05, 0) is 44.7 Å². The molecule has 0 aliphatic carbocycles. The molecule has 1 heterocycles. The zero-order valence-electron chi connectivity index (χ0n) is 15.1. The van der Waals surface area contributed by atoms with Crippen LogP contribution in [-0.2, 0) is 11.3 Å². The first-order valence-electron chi connectivity index (χ1n) is 8.41. The summed E-state index contributed by atoms with van der Waals surface area (Å²) in [5.74, 6) is 0.122. The van der Waals surface area contributed by atoms with Crippen molar-refractivity contribution in [3.8, 4) is 0 Å². The first-order valence-corrected chi connectivity index (χ1v) is 9.16. The Morgan fingerprint density at radius 3 is 2.62 bits per heavy atom. The number of likely N-dealkylation sites (N-methyl/N-ethyl adjacent to an activating group) is 1. The lowest BCUT2D eigenvalue weighted by molar-refractivity contribution is 0.0526. The van der Waals surface area contributed by atoms with E-state index in [1.807, 2.05) is 31.3 Å². The number of hydrogen-bond acceptors (Lipinski definition) is 5. The number of aromatic nitrogens is 1. The van der Waals surface area contributed by atoms with Crippen molar-refractivity contribution in [2.24, 2.45) is 0 Å². The monoisotopic (exact) mass is 395 g/mol. The maximum atomic E-state index is 11.7. The lowest BCUT2D eigenvalue weighted by atomic mass is 10.2. The van der Waals surface area contributed by atoms with Gasteiger partial charge in [0, 0.05) is 30.4 Å². The van der Waals surface area contributed by atoms with E-state index in [-0.39, 0.29) is 6.04 Å². The van der Waals surface area contributed by atoms with E-state index in [9.17, 15) is 4.79 Å². The van der Waals surface area contributed by atoms with Gasteiger partial charge in [0.2, 0.25) is 0 Å². The van der Waals surface area contributed by atoms with Crippen LogP contribution >= 0.6 is 23.2 Å². The first kappa shape index (κ1) is 20.5. The molecular weight excluding hydrogens is 373 g/mol. The average Bonchev–Trinajstić information content (AvgIpc) is 2.58. The van der Waals surface area contributed by atoms with Gasteiger partial charge >= 0.3 is 5.97 Å². The molecule has 0 aliphatic heterocycles. The summed E-state index contributed by atoms with van der Waals surface area (Å²) in [7, 11) is 2.05. The minimum absolute atomic E-state index is 0.116. The standard InChI is InChI=1S/C19H23Cl2N3O2/c1-4-26-19(25)15-9-17(21)18(22-10-15)23-13(2)11-24(3)12-14-5-7-16(20)8-6-14/h5-10,13H,4,11-12H2,1-3H3,(H,22,23)/t13-/m1/s1. The van der Waals surface area contributed by atoms with Crippen molar-refractivity contribution in [2.45, 2.75) is 26.4 Å². The molecule has 0 fully saturated rings. The van der Waals surface area contributed by atoms with Crippen LogP contribution < -0.4 is 5.32 Å². The molecule has 0 radical (unpaired) electrons. The molecule has 2 aromatic rings. The fourth-order valence-electron chi connectivity index (χ4n) is 2.58. The van der Waals surface area contributed by atoms with E-state index in [2.05, 4.69) is 22.1 Å². The summed E-state index contributed by atoms with van der Waals surface area (Å²) in [6, 6.07) is 9.50. The van der Waals surface area contributed by atoms with Crippen molar-refractivity contribution in [1.29, 1.82) is 0 Å². The molecule has 0 spiro atoms. The second kappa shape index (κ2) is 9.76. The van der Waals surface area contributed by atoms with E-state index < -0.39 is 5.97 Å². The van der Waals surface area contributed by atoms with Crippen LogP contribution in [0.4, 0.5) is 5.82 Å². The molecule has 1 N–H and O–H groups in total. The lowest BCUT2D eigenvalue weighted by Gasteiger charge is -2.23. The molecule has 1 aromatic carbocycles. The van der Waals surface area contributed by atoms with Gasteiger partial charge < -0.3 is 15.0 Å². The lowest BCUT2D eigenvalue weighted by Crippen LogP contribution is -2.32. The third-order valence-corrected chi connectivity index (χ3v) is 4.23. The van der Waals surface area contributed by atoms with E-state index in [4.69, 9.17) is 27.9 Å². The van der Waals surface area contributed by atoms with Crippen molar-refractivity contribution >= 4 is 35.0 Å². The SMILES string of the molecule is CCOC(=O)c1cnc(N[C@H](C)CN(C)Cc2ccc(Cl)cc2)c(Cl)c1. The number of carbonyl (C=O) groups is 1. The Hall–Kier alpha value is -1.82. The van der Waals surface area contributed by atoms with Crippen molar-refractivity contribution in [1.82, 2.24) is 9.88 Å². The summed E-state index contributed by atoms with van der Waals surface area (Å²) in [6.07, 6.45) is 1.47. The smallest absolute Gasteiger partial charge is 0.339 e. The van der Waals surface area contributed by atoms with E-state index >= 15 is 0 Å². The summed E-state index contributed by atoms with van der Waals surface area (Å²) in [5.41, 5.74) is 1.54. The number of rotatable bonds is 8. The Morgan fingerprint density at radius 2 is 2.00 bits per heavy atom. The van der Waals surface area contributed by atoms with Crippen LogP contribution in [0.2, 0.25) is 10.0 Å². The second-order valence-corrected chi connectivity index (χ2v) is 6.99. The van der Waals surface area contributed by atoms with Crippen LogP contribution in [-0.4, -0.2) is 42.1 Å². The van der Waals surface area contributed by atoms with E-state index in [0.717, 1.165) is 18.1 Å². The maximum absolute atomic E-state index is 11.7. The number of anilines is 1. The molecule has 140 valence electrons. The highest BCUT2D eigenvalue weighted by Gasteiger charge is 2.13. The molecule has 0 bridgehead atoms. The largest absolute Gasteiger partial charge is 0.462 e. The highest BCUT2D eigenvalue weighted by atomic mass is 35.5. The Bertz CT molecular complexity index is 738. The number of halogens is 2. The van der Waals surface area contributed by atoms with Crippen molar-refractivity contribution < 1.29 is 9.53 Å². The number of pyridine rings is 1. The predicted octanol–water partition coefficient (Wildman–Crippen LogP) is 4.50. The number of carbonyl (C=O) groups excluding carboxylic acids is 1. The van der Waals surface area contributed by atoms with Gasteiger partial charge in [-0.2, -0.15) is 0 Å². The highest BCUT2D eigenvalue weighted by molar-refractivity contribution is 6.33. The van der Waals surface area contributed by atoms with Gasteiger partial charge in [-0.1, -0.05) is 35.3 Å². The molecule has 0 unspecified atom stereocenters. The van der Waals surface area contributed by atoms with Crippen molar-refractivity contribution in [2.75, 3.05) is 25.5 Å². The van der Waals surface area contributed by atoms with Gasteiger partial charge in [0.25, 0.3) is 0 Å². The first-order chi connectivity index (χ1) is 12.4. The van der Waals surface area contributed by atoms with Crippen molar-refractivity contribution in [3.05, 3.63) is 57.7 Å². The highest BCUT2D eigenvalue weighted by Crippen LogP contribution is 2.21. The Kier molecular flexibility index (Phi) is 7.69. The predicted molar refractivity (Wildman–Crippen MR) is 106 cm³/mol. The van der Waals surface area contributed by atoms with Crippen LogP contribution in [0.1, 0.15) is 29.8 Å². The summed E-state index contributed by atoms with van der Waals surface area (Å²) in [5, 5.41) is 4.40. The molecule has 5 nitrogen and oxygen atoms in total. The molecule has 0 saturated carbocycles. The minimum atomic E-state index is -0.427. The van der Waals surface area contributed by atoms with E-state index in [0.29, 0.717) is 23.0 Å². The molecular formula is C19H23Cl2N3O2. The van der Waals surface area contributed by atoms with Gasteiger partial charge in [-0.3, -0.25) is 0 Å². The third kappa shape index (κ3) is 6.16. The third-order valence-electron chi connectivity index (χ3n) is 3.69. The van der Waals surface area contributed by atoms with Crippen molar-refractivity contribution in [3.63, 3.8) is 0 Å². The molecule has 1 atom stereocenters. The van der Waals surface area contributed by atoms with E-state index in [1.54, 1.807) is 13.0 Å². The molecule has 2 rings (SSSR count). The Balaban J connectivity index is 1.91. The quantitative estimate of drug-likeness (QED) is 0.666. The van der Waals surface area contributed by atoms with Crippen LogP contribution in [0.15, 0.2) is 36.5 Å². The number of esters is 1. The number of nitrogens with one attached hydrogen (secondary N) is 1. The summed E-state index contributed by atoms with van der Waals surface area (Å²) in [6.45, 7) is 5.72. The summed E-state index contributed by atoms with van der Waals surface area (Å²) >= 11 is 12.2. The normalized spacial score (nSPS) is 12.1. The second-order valence-electron chi connectivity index (χ2n) is 6.14. The molecule has 7 heteroatoms. The summed E-state index contributed by atoms with van der Waals surface area (Å²) < 4.78 is 4.95. The van der Waals surface area contributed by atoms with Gasteiger partial charge in [0.05, 0.1) is 17.2 Å². The van der Waals surface area contributed by atoms with Crippen LogP contribution in [0.3, 0.4) is 0 Å². The zero-order valence-corrected chi connectivity index (χ0v) is 16.6. The number of nitrogens with zero attached hydrogens (tertiary/aromatic N) is 2. The van der Waals surface area contributed by atoms with Crippen LogP contribution in [0, 0.1) is 0 Å². The average molecular weight is 396 g/mol. The number of ether oxygens (including phenoxy) is 1. The topological polar surface area (TPSA) is 54.5 Å².